The maximum absolute atomic E-state index is 11.8. The van der Waals surface area contributed by atoms with Gasteiger partial charge in [0.15, 0.2) is 0 Å². The number of nitrogens with one attached hydrogen (secondary N) is 3. The first-order valence-electron chi connectivity index (χ1n) is 6.88. The lowest BCUT2D eigenvalue weighted by atomic mass is 10.1. The molecule has 2 amide bonds. The summed E-state index contributed by atoms with van der Waals surface area (Å²) >= 11 is 0. The van der Waals surface area contributed by atoms with E-state index in [1.807, 2.05) is 38.1 Å². The molecular formula is C15H24ClN3O2. The molecule has 0 aliphatic carbocycles. The zero-order chi connectivity index (χ0) is 15.0. The normalized spacial score (nSPS) is 11.2. The summed E-state index contributed by atoms with van der Waals surface area (Å²) in [5, 5.41) is 8.47. The van der Waals surface area contributed by atoms with Crippen molar-refractivity contribution in [1.29, 1.82) is 0 Å². The van der Waals surface area contributed by atoms with Gasteiger partial charge in [-0.1, -0.05) is 26.0 Å². The molecule has 0 heterocycles. The molecule has 0 aliphatic heterocycles. The smallest absolute Gasteiger partial charge is 0.234 e. The van der Waals surface area contributed by atoms with Gasteiger partial charge in [0.25, 0.3) is 0 Å². The minimum Gasteiger partial charge on any atom is -0.351 e. The fourth-order valence-corrected chi connectivity index (χ4v) is 1.63. The lowest BCUT2D eigenvalue weighted by Gasteiger charge is -2.11. The molecule has 0 aliphatic rings. The molecule has 0 radical (unpaired) electrons. The fourth-order valence-electron chi connectivity index (χ4n) is 1.63. The molecule has 6 heteroatoms. The molecule has 118 valence electrons. The van der Waals surface area contributed by atoms with E-state index in [-0.39, 0.29) is 30.1 Å². The van der Waals surface area contributed by atoms with E-state index in [0.29, 0.717) is 13.1 Å². The second-order valence-corrected chi connectivity index (χ2v) is 4.81. The number of amides is 2. The summed E-state index contributed by atoms with van der Waals surface area (Å²) in [7, 11) is 1.73. The molecule has 0 aromatic heterocycles. The van der Waals surface area contributed by atoms with Crippen LogP contribution in [0, 0.1) is 5.92 Å². The van der Waals surface area contributed by atoms with Crippen LogP contribution in [0.15, 0.2) is 24.3 Å². The van der Waals surface area contributed by atoms with Gasteiger partial charge < -0.3 is 16.0 Å². The first kappa shape index (κ1) is 19.4. The molecule has 0 saturated heterocycles. The summed E-state index contributed by atoms with van der Waals surface area (Å²) in [6.07, 6.45) is 0.811. The fraction of sp³-hybridized carbons (Fsp3) is 0.467. The van der Waals surface area contributed by atoms with Gasteiger partial charge in [0.05, 0.1) is 6.54 Å². The Morgan fingerprint density at radius 3 is 2.62 bits per heavy atom. The van der Waals surface area contributed by atoms with Crippen molar-refractivity contribution in [3.05, 3.63) is 29.8 Å². The topological polar surface area (TPSA) is 70.2 Å². The van der Waals surface area contributed by atoms with Crippen molar-refractivity contribution in [2.45, 2.75) is 26.8 Å². The average Bonchev–Trinajstić information content (AvgIpc) is 2.45. The van der Waals surface area contributed by atoms with Crippen molar-refractivity contribution < 1.29 is 9.59 Å². The first-order valence-corrected chi connectivity index (χ1v) is 6.88. The molecular weight excluding hydrogens is 290 g/mol. The summed E-state index contributed by atoms with van der Waals surface area (Å²) in [4.78, 5) is 23.2. The van der Waals surface area contributed by atoms with Crippen molar-refractivity contribution in [1.82, 2.24) is 10.6 Å². The Morgan fingerprint density at radius 1 is 1.29 bits per heavy atom. The SMILES string of the molecule is CCC(C)C(=O)Nc1cccc(CNC(=O)CNC)c1.Cl. The molecule has 0 bridgehead atoms. The maximum Gasteiger partial charge on any atom is 0.234 e. The number of halogens is 1. The number of hydrogen-bond donors (Lipinski definition) is 3. The molecule has 0 fully saturated rings. The predicted molar refractivity (Wildman–Crippen MR) is 87.5 cm³/mol. The Hall–Kier alpha value is -1.59. The monoisotopic (exact) mass is 313 g/mol. The van der Waals surface area contributed by atoms with Crippen molar-refractivity contribution in [2.75, 3.05) is 18.9 Å². The number of likely N-dealkylation sites (N-methyl/N-ethyl adjacent to an activating group) is 1. The highest BCUT2D eigenvalue weighted by atomic mass is 35.5. The average molecular weight is 314 g/mol. The number of benzene rings is 1. The van der Waals surface area contributed by atoms with Crippen LogP contribution in [0.4, 0.5) is 5.69 Å². The Labute approximate surface area is 132 Å². The van der Waals surface area contributed by atoms with Gasteiger partial charge in [-0.2, -0.15) is 0 Å². The van der Waals surface area contributed by atoms with Crippen molar-refractivity contribution in [3.8, 4) is 0 Å². The van der Waals surface area contributed by atoms with Gasteiger partial charge in [-0.25, -0.2) is 0 Å². The number of hydrogen-bond acceptors (Lipinski definition) is 3. The lowest BCUT2D eigenvalue weighted by Crippen LogP contribution is -2.31. The van der Waals surface area contributed by atoms with E-state index in [0.717, 1.165) is 17.7 Å². The van der Waals surface area contributed by atoms with E-state index >= 15 is 0 Å². The molecule has 3 N–H and O–H groups in total. The Bertz CT molecular complexity index is 466. The Kier molecular flexibility index (Phi) is 9.41. The van der Waals surface area contributed by atoms with Crippen LogP contribution in [0.3, 0.4) is 0 Å². The third-order valence-electron chi connectivity index (χ3n) is 3.08. The highest BCUT2D eigenvalue weighted by Gasteiger charge is 2.10. The van der Waals surface area contributed by atoms with Crippen LogP contribution in [-0.2, 0) is 16.1 Å². The molecule has 0 spiro atoms. The third-order valence-corrected chi connectivity index (χ3v) is 3.08. The highest BCUT2D eigenvalue weighted by Crippen LogP contribution is 2.13. The van der Waals surface area contributed by atoms with Gasteiger partial charge in [-0.05, 0) is 31.2 Å². The Morgan fingerprint density at radius 2 is 2.00 bits per heavy atom. The molecule has 1 aromatic carbocycles. The van der Waals surface area contributed by atoms with Gasteiger partial charge in [0.2, 0.25) is 11.8 Å². The standard InChI is InChI=1S/C15H23N3O2.ClH/c1-4-11(2)15(20)18-13-7-5-6-12(8-13)9-17-14(19)10-16-3;/h5-8,11,16H,4,9-10H2,1-3H3,(H,17,19)(H,18,20);1H. The van der Waals surface area contributed by atoms with Crippen LogP contribution in [0.5, 0.6) is 0 Å². The van der Waals surface area contributed by atoms with Crippen LogP contribution in [0.25, 0.3) is 0 Å². The second-order valence-electron chi connectivity index (χ2n) is 4.81. The van der Waals surface area contributed by atoms with Gasteiger partial charge in [-0.3, -0.25) is 9.59 Å². The number of carbonyl (C=O) groups is 2. The van der Waals surface area contributed by atoms with Crippen molar-refractivity contribution in [3.63, 3.8) is 0 Å². The minimum atomic E-state index is -0.0541. The van der Waals surface area contributed by atoms with Crippen molar-refractivity contribution >= 4 is 29.9 Å². The van der Waals surface area contributed by atoms with Gasteiger partial charge in [-0.15, -0.1) is 12.4 Å². The van der Waals surface area contributed by atoms with Crippen LogP contribution in [0.1, 0.15) is 25.8 Å². The van der Waals surface area contributed by atoms with E-state index in [1.54, 1.807) is 7.05 Å². The summed E-state index contributed by atoms with van der Waals surface area (Å²) in [6, 6.07) is 7.50. The second kappa shape index (κ2) is 10.2. The Balaban J connectivity index is 0.00000400. The quantitative estimate of drug-likeness (QED) is 0.720. The zero-order valence-corrected chi connectivity index (χ0v) is 13.5. The minimum absolute atomic E-state index is 0. The van der Waals surface area contributed by atoms with E-state index in [4.69, 9.17) is 0 Å². The molecule has 21 heavy (non-hydrogen) atoms. The largest absolute Gasteiger partial charge is 0.351 e. The maximum atomic E-state index is 11.8. The van der Waals surface area contributed by atoms with Gasteiger partial charge >= 0.3 is 0 Å². The van der Waals surface area contributed by atoms with Crippen LogP contribution >= 0.6 is 12.4 Å². The molecule has 1 rings (SSSR count). The molecule has 1 atom stereocenters. The zero-order valence-electron chi connectivity index (χ0n) is 12.7. The van der Waals surface area contributed by atoms with Crippen molar-refractivity contribution in [2.24, 2.45) is 5.92 Å². The van der Waals surface area contributed by atoms with Gasteiger partial charge in [0.1, 0.15) is 0 Å². The van der Waals surface area contributed by atoms with E-state index < -0.39 is 0 Å². The summed E-state index contributed by atoms with van der Waals surface area (Å²) in [6.45, 7) is 4.63. The van der Waals surface area contributed by atoms with E-state index in [9.17, 15) is 9.59 Å². The molecule has 0 saturated carbocycles. The molecule has 1 aromatic rings. The van der Waals surface area contributed by atoms with E-state index in [2.05, 4.69) is 16.0 Å². The highest BCUT2D eigenvalue weighted by molar-refractivity contribution is 5.92. The summed E-state index contributed by atoms with van der Waals surface area (Å²) in [5.41, 5.74) is 1.71. The summed E-state index contributed by atoms with van der Waals surface area (Å²) < 4.78 is 0. The van der Waals surface area contributed by atoms with E-state index in [1.165, 1.54) is 0 Å². The summed E-state index contributed by atoms with van der Waals surface area (Å²) in [5.74, 6) is -0.0422. The molecule has 5 nitrogen and oxygen atoms in total. The predicted octanol–water partition coefficient (Wildman–Crippen LogP) is 1.93. The number of rotatable bonds is 7. The third kappa shape index (κ3) is 7.11. The molecule has 1 unspecified atom stereocenters. The lowest BCUT2D eigenvalue weighted by molar-refractivity contribution is -0.120. The first-order chi connectivity index (χ1) is 9.56. The van der Waals surface area contributed by atoms with Gasteiger partial charge in [0, 0.05) is 18.2 Å². The van der Waals surface area contributed by atoms with Crippen LogP contribution < -0.4 is 16.0 Å². The van der Waals surface area contributed by atoms with Crippen LogP contribution in [-0.4, -0.2) is 25.4 Å². The number of carbonyl (C=O) groups excluding carboxylic acids is 2. The number of anilines is 1. The van der Waals surface area contributed by atoms with Crippen LogP contribution in [0.2, 0.25) is 0 Å².